The lowest BCUT2D eigenvalue weighted by Crippen LogP contribution is -1.92. The van der Waals surface area contributed by atoms with Crippen LogP contribution in [0.5, 0.6) is 0 Å². The molecule has 0 N–H and O–H groups in total. The maximum absolute atomic E-state index is 5.24. The standard InChI is InChI=1S/C48H28N4/c1-2-7-30(8-3-1)41-24-20-32-14-15-33-21-25-42(51-47(33)46(32)50-41)35-19-22-37-34(27-35)16-12-29-13-17-36(28-40(29)37)44-38-10-4-5-11-43(38)52-48-39(44)23-18-31-9-6-26-49-45(31)48/h1-28H. The second-order valence-electron chi connectivity index (χ2n) is 13.4. The Morgan fingerprint density at radius 1 is 0.308 bits per heavy atom. The van der Waals surface area contributed by atoms with Crippen LogP contribution >= 0.6 is 0 Å². The van der Waals surface area contributed by atoms with Crippen molar-refractivity contribution >= 4 is 76.1 Å². The van der Waals surface area contributed by atoms with Crippen LogP contribution in [-0.4, -0.2) is 19.9 Å². The molecule has 7 aromatic carbocycles. The Morgan fingerprint density at radius 2 is 0.942 bits per heavy atom. The highest BCUT2D eigenvalue weighted by molar-refractivity contribution is 6.18. The van der Waals surface area contributed by atoms with Crippen LogP contribution in [0, 0.1) is 0 Å². The summed E-state index contributed by atoms with van der Waals surface area (Å²) in [5, 5.41) is 10.3. The van der Waals surface area contributed by atoms with Crippen LogP contribution < -0.4 is 0 Å². The van der Waals surface area contributed by atoms with Crippen LogP contribution in [0.25, 0.3) is 110 Å². The summed E-state index contributed by atoms with van der Waals surface area (Å²) < 4.78 is 0. The van der Waals surface area contributed by atoms with Gasteiger partial charge in [0.05, 0.1) is 39.0 Å². The maximum atomic E-state index is 5.24. The molecule has 0 fully saturated rings. The van der Waals surface area contributed by atoms with Crippen molar-refractivity contribution in [3.63, 3.8) is 0 Å². The molecule has 240 valence electrons. The van der Waals surface area contributed by atoms with Gasteiger partial charge in [0, 0.05) is 49.8 Å². The minimum atomic E-state index is 0.913. The van der Waals surface area contributed by atoms with Crippen molar-refractivity contribution in [2.45, 2.75) is 0 Å². The van der Waals surface area contributed by atoms with Gasteiger partial charge >= 0.3 is 0 Å². The van der Waals surface area contributed by atoms with Crippen molar-refractivity contribution in [3.8, 4) is 33.6 Å². The van der Waals surface area contributed by atoms with Gasteiger partial charge in [-0.05, 0) is 63.5 Å². The Morgan fingerprint density at radius 3 is 1.79 bits per heavy atom. The number of hydrogen-bond acceptors (Lipinski definition) is 4. The fourth-order valence-electron chi connectivity index (χ4n) is 7.88. The van der Waals surface area contributed by atoms with Gasteiger partial charge in [0.2, 0.25) is 0 Å². The van der Waals surface area contributed by atoms with Crippen molar-refractivity contribution in [2.75, 3.05) is 0 Å². The molecular weight excluding hydrogens is 633 g/mol. The third-order valence-corrected chi connectivity index (χ3v) is 10.4. The number of hydrogen-bond donors (Lipinski definition) is 0. The number of fused-ring (bicyclic) bond motifs is 10. The molecule has 0 aliphatic carbocycles. The maximum Gasteiger partial charge on any atom is 0.0978 e. The van der Waals surface area contributed by atoms with Gasteiger partial charge in [-0.2, -0.15) is 0 Å². The monoisotopic (exact) mass is 660 g/mol. The van der Waals surface area contributed by atoms with Crippen molar-refractivity contribution < 1.29 is 0 Å². The summed E-state index contributed by atoms with van der Waals surface area (Å²) in [7, 11) is 0. The number of pyridine rings is 4. The van der Waals surface area contributed by atoms with E-state index in [1.165, 1.54) is 27.1 Å². The van der Waals surface area contributed by atoms with Crippen LogP contribution in [0.1, 0.15) is 0 Å². The lowest BCUT2D eigenvalue weighted by molar-refractivity contribution is 1.37. The normalized spacial score (nSPS) is 11.8. The van der Waals surface area contributed by atoms with Crippen molar-refractivity contribution in [3.05, 3.63) is 170 Å². The lowest BCUT2D eigenvalue weighted by Gasteiger charge is -2.14. The van der Waals surface area contributed by atoms with E-state index in [0.29, 0.717) is 0 Å². The molecule has 0 aliphatic heterocycles. The number of aromatic nitrogens is 4. The van der Waals surface area contributed by atoms with Crippen LogP contribution in [0.2, 0.25) is 0 Å². The molecule has 4 heteroatoms. The zero-order valence-corrected chi connectivity index (χ0v) is 28.0. The summed E-state index contributed by atoms with van der Waals surface area (Å²) in [6.07, 6.45) is 1.85. The molecule has 0 saturated heterocycles. The van der Waals surface area contributed by atoms with E-state index >= 15 is 0 Å². The summed E-state index contributed by atoms with van der Waals surface area (Å²) in [4.78, 5) is 20.2. The van der Waals surface area contributed by atoms with E-state index in [-0.39, 0.29) is 0 Å². The molecule has 0 saturated carbocycles. The van der Waals surface area contributed by atoms with Crippen LogP contribution in [-0.2, 0) is 0 Å². The first kappa shape index (κ1) is 28.8. The van der Waals surface area contributed by atoms with Crippen LogP contribution in [0.15, 0.2) is 170 Å². The number of rotatable bonds is 3. The van der Waals surface area contributed by atoms with E-state index in [0.717, 1.165) is 82.6 Å². The van der Waals surface area contributed by atoms with E-state index in [1.807, 2.05) is 30.5 Å². The molecule has 4 nitrogen and oxygen atoms in total. The van der Waals surface area contributed by atoms with Crippen molar-refractivity contribution in [1.29, 1.82) is 0 Å². The molecule has 0 amide bonds. The molecule has 0 bridgehead atoms. The van der Waals surface area contributed by atoms with Gasteiger partial charge in [-0.1, -0.05) is 127 Å². The summed E-state index contributed by atoms with van der Waals surface area (Å²) in [6, 6.07) is 57.9. The SMILES string of the molecule is c1ccc(-c2ccc3ccc4ccc(-c5ccc6c(ccc7ccc(-c8c9ccccc9nc9c8ccc8cccnc89)cc76)c5)nc4c3n2)cc1. The van der Waals surface area contributed by atoms with Gasteiger partial charge in [-0.15, -0.1) is 0 Å². The van der Waals surface area contributed by atoms with E-state index in [9.17, 15) is 0 Å². The molecule has 0 radical (unpaired) electrons. The Bertz CT molecular complexity index is 3240. The third-order valence-electron chi connectivity index (χ3n) is 10.4. The van der Waals surface area contributed by atoms with Gasteiger partial charge < -0.3 is 0 Å². The highest BCUT2D eigenvalue weighted by Crippen LogP contribution is 2.40. The zero-order valence-electron chi connectivity index (χ0n) is 28.0. The van der Waals surface area contributed by atoms with Gasteiger partial charge in [0.15, 0.2) is 0 Å². The van der Waals surface area contributed by atoms with Crippen molar-refractivity contribution in [2.24, 2.45) is 0 Å². The van der Waals surface area contributed by atoms with Crippen molar-refractivity contribution in [1.82, 2.24) is 19.9 Å². The van der Waals surface area contributed by atoms with E-state index in [4.69, 9.17) is 19.9 Å². The summed E-state index contributed by atoms with van der Waals surface area (Å²) in [6.45, 7) is 0. The quantitative estimate of drug-likeness (QED) is 0.140. The summed E-state index contributed by atoms with van der Waals surface area (Å²) >= 11 is 0. The average Bonchev–Trinajstić information content (AvgIpc) is 3.22. The van der Waals surface area contributed by atoms with Gasteiger partial charge in [-0.3, -0.25) is 4.98 Å². The third kappa shape index (κ3) is 4.48. The fraction of sp³-hybridized carbons (Fsp3) is 0. The summed E-state index contributed by atoms with van der Waals surface area (Å²) in [5.41, 5.74) is 11.0. The zero-order chi connectivity index (χ0) is 34.2. The largest absolute Gasteiger partial charge is 0.254 e. The van der Waals surface area contributed by atoms with Gasteiger partial charge in [-0.25, -0.2) is 15.0 Å². The highest BCUT2D eigenvalue weighted by Gasteiger charge is 2.16. The predicted octanol–water partition coefficient (Wildman–Crippen LogP) is 12.3. The average molecular weight is 661 g/mol. The van der Waals surface area contributed by atoms with Gasteiger partial charge in [0.1, 0.15) is 0 Å². The van der Waals surface area contributed by atoms with E-state index < -0.39 is 0 Å². The molecule has 0 unspecified atom stereocenters. The second-order valence-corrected chi connectivity index (χ2v) is 13.4. The Kier molecular flexibility index (Phi) is 6.22. The fourth-order valence-corrected chi connectivity index (χ4v) is 7.88. The van der Waals surface area contributed by atoms with Gasteiger partial charge in [0.25, 0.3) is 0 Å². The highest BCUT2D eigenvalue weighted by atomic mass is 14.8. The molecule has 52 heavy (non-hydrogen) atoms. The van der Waals surface area contributed by atoms with E-state index in [2.05, 4.69) is 140 Å². The van der Waals surface area contributed by atoms with Crippen LogP contribution in [0.3, 0.4) is 0 Å². The molecule has 4 aromatic heterocycles. The first-order valence-corrected chi connectivity index (χ1v) is 17.5. The molecular formula is C48H28N4. The first-order chi connectivity index (χ1) is 25.7. The number of para-hydroxylation sites is 1. The smallest absolute Gasteiger partial charge is 0.0978 e. The molecule has 4 heterocycles. The predicted molar refractivity (Wildman–Crippen MR) is 216 cm³/mol. The second kappa shape index (κ2) is 11.2. The molecule has 0 aliphatic rings. The molecule has 11 aromatic rings. The minimum absolute atomic E-state index is 0.913. The Labute approximate surface area is 298 Å². The number of benzene rings is 7. The van der Waals surface area contributed by atoms with E-state index in [1.54, 1.807) is 0 Å². The van der Waals surface area contributed by atoms with Crippen LogP contribution in [0.4, 0.5) is 0 Å². The molecule has 11 rings (SSSR count). The molecule has 0 spiro atoms. The summed E-state index contributed by atoms with van der Waals surface area (Å²) in [5.74, 6) is 0. The number of nitrogens with zero attached hydrogens (tertiary/aromatic N) is 4. The first-order valence-electron chi connectivity index (χ1n) is 17.5. The minimum Gasteiger partial charge on any atom is -0.254 e. The lowest BCUT2D eigenvalue weighted by atomic mass is 9.92. The topological polar surface area (TPSA) is 51.6 Å². The molecule has 0 atom stereocenters. The Hall–Kier alpha value is -7.04. The Balaban J connectivity index is 1.07.